The number of nitrogens with one attached hydrogen (secondary N) is 2. The summed E-state index contributed by atoms with van der Waals surface area (Å²) in [6.07, 6.45) is 3.35. The summed E-state index contributed by atoms with van der Waals surface area (Å²) < 4.78 is 27.2. The maximum Gasteiger partial charge on any atom is 0.240 e. The maximum atomic E-state index is 12.2. The molecule has 1 aromatic carbocycles. The summed E-state index contributed by atoms with van der Waals surface area (Å²) in [5, 5.41) is 3.43. The first-order valence-electron chi connectivity index (χ1n) is 6.80. The van der Waals surface area contributed by atoms with E-state index in [2.05, 4.69) is 17.0 Å². The van der Waals surface area contributed by atoms with Crippen LogP contribution in [0.25, 0.3) is 0 Å². The summed E-state index contributed by atoms with van der Waals surface area (Å²) in [5.74, 6) is 0. The lowest BCUT2D eigenvalue weighted by molar-refractivity contribution is 0.334. The SMILES string of the molecule is Cc1ccccc1S(=O)(=O)NCC1CCCC(C)N1. The number of sulfonamides is 1. The molecule has 4 nitrogen and oxygen atoms in total. The van der Waals surface area contributed by atoms with Crippen LogP contribution in [0.1, 0.15) is 31.7 Å². The van der Waals surface area contributed by atoms with E-state index in [-0.39, 0.29) is 6.04 Å². The molecular formula is C14H22N2O2S. The molecule has 0 spiro atoms. The lowest BCUT2D eigenvalue weighted by Gasteiger charge is -2.28. The highest BCUT2D eigenvalue weighted by Crippen LogP contribution is 2.15. The number of benzene rings is 1. The van der Waals surface area contributed by atoms with Crippen LogP contribution in [0, 0.1) is 6.92 Å². The Kier molecular flexibility index (Phi) is 4.60. The van der Waals surface area contributed by atoms with Crippen LogP contribution >= 0.6 is 0 Å². The van der Waals surface area contributed by atoms with Gasteiger partial charge in [0.15, 0.2) is 0 Å². The Hall–Kier alpha value is -0.910. The van der Waals surface area contributed by atoms with Gasteiger partial charge in [-0.2, -0.15) is 0 Å². The molecule has 5 heteroatoms. The fourth-order valence-corrected chi connectivity index (χ4v) is 3.87. The van der Waals surface area contributed by atoms with Crippen molar-refractivity contribution in [2.75, 3.05) is 6.54 Å². The van der Waals surface area contributed by atoms with Crippen LogP contribution in [0.2, 0.25) is 0 Å². The van der Waals surface area contributed by atoms with Crippen molar-refractivity contribution in [2.45, 2.75) is 50.1 Å². The lowest BCUT2D eigenvalue weighted by atomic mass is 10.00. The molecule has 2 N–H and O–H groups in total. The van der Waals surface area contributed by atoms with Gasteiger partial charge in [0, 0.05) is 18.6 Å². The number of aryl methyl sites for hydroxylation is 1. The van der Waals surface area contributed by atoms with Crippen LogP contribution in [0.15, 0.2) is 29.2 Å². The van der Waals surface area contributed by atoms with Gasteiger partial charge in [-0.3, -0.25) is 0 Å². The van der Waals surface area contributed by atoms with Crippen molar-refractivity contribution in [3.8, 4) is 0 Å². The molecule has 0 aromatic heterocycles. The molecule has 0 bridgehead atoms. The quantitative estimate of drug-likeness (QED) is 0.885. The Morgan fingerprint density at radius 1 is 1.32 bits per heavy atom. The van der Waals surface area contributed by atoms with E-state index in [9.17, 15) is 8.42 Å². The summed E-state index contributed by atoms with van der Waals surface area (Å²) in [7, 11) is -3.40. The van der Waals surface area contributed by atoms with Gasteiger partial charge in [-0.15, -0.1) is 0 Å². The minimum absolute atomic E-state index is 0.238. The zero-order valence-electron chi connectivity index (χ0n) is 11.5. The van der Waals surface area contributed by atoms with E-state index in [4.69, 9.17) is 0 Å². The van der Waals surface area contributed by atoms with Crippen LogP contribution in [0.4, 0.5) is 0 Å². The average molecular weight is 282 g/mol. The van der Waals surface area contributed by atoms with Gasteiger partial charge in [0.05, 0.1) is 4.90 Å². The summed E-state index contributed by atoms with van der Waals surface area (Å²) in [5.41, 5.74) is 0.778. The molecule has 2 unspecified atom stereocenters. The Bertz CT molecular complexity index is 528. The fourth-order valence-electron chi connectivity index (χ4n) is 2.55. The lowest BCUT2D eigenvalue weighted by Crippen LogP contribution is -2.47. The Morgan fingerprint density at radius 3 is 2.74 bits per heavy atom. The molecule has 0 radical (unpaired) electrons. The Balaban J connectivity index is 2.00. The van der Waals surface area contributed by atoms with Gasteiger partial charge in [-0.05, 0) is 38.3 Å². The van der Waals surface area contributed by atoms with E-state index in [1.165, 1.54) is 6.42 Å². The average Bonchev–Trinajstić information content (AvgIpc) is 2.37. The molecule has 106 valence electrons. The van der Waals surface area contributed by atoms with Crippen LogP contribution in [0.3, 0.4) is 0 Å². The van der Waals surface area contributed by atoms with Gasteiger partial charge in [0.1, 0.15) is 0 Å². The molecule has 1 aliphatic heterocycles. The second-order valence-electron chi connectivity index (χ2n) is 5.31. The van der Waals surface area contributed by atoms with Crippen molar-refractivity contribution in [1.29, 1.82) is 0 Å². The molecule has 1 aromatic rings. The van der Waals surface area contributed by atoms with Crippen LogP contribution in [0.5, 0.6) is 0 Å². The summed E-state index contributed by atoms with van der Waals surface area (Å²) in [6.45, 7) is 4.42. The predicted octanol–water partition coefficient (Wildman–Crippen LogP) is 1.80. The highest BCUT2D eigenvalue weighted by Gasteiger charge is 2.21. The highest BCUT2D eigenvalue weighted by molar-refractivity contribution is 7.89. The van der Waals surface area contributed by atoms with E-state index < -0.39 is 10.0 Å². The third-order valence-corrected chi connectivity index (χ3v) is 5.20. The Morgan fingerprint density at radius 2 is 2.05 bits per heavy atom. The van der Waals surface area contributed by atoms with Crippen LogP contribution in [-0.2, 0) is 10.0 Å². The van der Waals surface area contributed by atoms with Gasteiger partial charge >= 0.3 is 0 Å². The van der Waals surface area contributed by atoms with E-state index in [1.807, 2.05) is 19.1 Å². The van der Waals surface area contributed by atoms with Crippen molar-refractivity contribution >= 4 is 10.0 Å². The van der Waals surface area contributed by atoms with E-state index in [0.29, 0.717) is 17.5 Å². The normalized spacial score (nSPS) is 24.3. The molecule has 1 fully saturated rings. The Labute approximate surface area is 115 Å². The van der Waals surface area contributed by atoms with E-state index in [0.717, 1.165) is 18.4 Å². The van der Waals surface area contributed by atoms with Gasteiger partial charge in [0.2, 0.25) is 10.0 Å². The molecule has 1 heterocycles. The number of rotatable bonds is 4. The number of hydrogen-bond donors (Lipinski definition) is 2. The highest BCUT2D eigenvalue weighted by atomic mass is 32.2. The van der Waals surface area contributed by atoms with Crippen LogP contribution < -0.4 is 10.0 Å². The molecule has 2 rings (SSSR count). The molecule has 19 heavy (non-hydrogen) atoms. The molecule has 2 atom stereocenters. The second-order valence-corrected chi connectivity index (χ2v) is 7.05. The molecule has 0 aliphatic carbocycles. The minimum atomic E-state index is -3.40. The third-order valence-electron chi connectivity index (χ3n) is 3.61. The first-order chi connectivity index (χ1) is 8.99. The first-order valence-corrected chi connectivity index (χ1v) is 8.29. The van der Waals surface area contributed by atoms with Crippen molar-refractivity contribution in [3.05, 3.63) is 29.8 Å². The predicted molar refractivity (Wildman–Crippen MR) is 76.6 cm³/mol. The van der Waals surface area contributed by atoms with Crippen molar-refractivity contribution in [2.24, 2.45) is 0 Å². The minimum Gasteiger partial charge on any atom is -0.310 e. The van der Waals surface area contributed by atoms with Gasteiger partial charge in [-0.1, -0.05) is 24.6 Å². The van der Waals surface area contributed by atoms with Crippen molar-refractivity contribution < 1.29 is 8.42 Å². The number of piperidine rings is 1. The van der Waals surface area contributed by atoms with Gasteiger partial charge in [0.25, 0.3) is 0 Å². The second kappa shape index (κ2) is 6.03. The topological polar surface area (TPSA) is 58.2 Å². The molecule has 0 amide bonds. The van der Waals surface area contributed by atoms with E-state index >= 15 is 0 Å². The zero-order valence-corrected chi connectivity index (χ0v) is 12.3. The summed E-state index contributed by atoms with van der Waals surface area (Å²) >= 11 is 0. The monoisotopic (exact) mass is 282 g/mol. The molecule has 1 aliphatic rings. The third kappa shape index (κ3) is 3.78. The smallest absolute Gasteiger partial charge is 0.240 e. The molecule has 1 saturated heterocycles. The van der Waals surface area contributed by atoms with E-state index in [1.54, 1.807) is 12.1 Å². The van der Waals surface area contributed by atoms with Crippen molar-refractivity contribution in [1.82, 2.24) is 10.0 Å². The largest absolute Gasteiger partial charge is 0.310 e. The fraction of sp³-hybridized carbons (Fsp3) is 0.571. The number of hydrogen-bond acceptors (Lipinski definition) is 3. The van der Waals surface area contributed by atoms with Crippen molar-refractivity contribution in [3.63, 3.8) is 0 Å². The van der Waals surface area contributed by atoms with Gasteiger partial charge < -0.3 is 5.32 Å². The standard InChI is InChI=1S/C14H22N2O2S/c1-11-6-3-4-9-14(11)19(17,18)15-10-13-8-5-7-12(2)16-13/h3-4,6,9,12-13,15-16H,5,7-8,10H2,1-2H3. The first kappa shape index (κ1) is 14.5. The van der Waals surface area contributed by atoms with Crippen LogP contribution in [-0.4, -0.2) is 27.0 Å². The molecular weight excluding hydrogens is 260 g/mol. The van der Waals surface area contributed by atoms with Gasteiger partial charge in [-0.25, -0.2) is 13.1 Å². The zero-order chi connectivity index (χ0) is 13.9. The summed E-state index contributed by atoms with van der Waals surface area (Å²) in [6, 6.07) is 7.77. The summed E-state index contributed by atoms with van der Waals surface area (Å²) in [4.78, 5) is 0.374. The molecule has 0 saturated carbocycles. The maximum absolute atomic E-state index is 12.2.